The van der Waals surface area contributed by atoms with Gasteiger partial charge >= 0.3 is 5.97 Å². The van der Waals surface area contributed by atoms with E-state index in [0.717, 1.165) is 16.5 Å². The number of hydrogen-bond donors (Lipinski definition) is 0. The van der Waals surface area contributed by atoms with Gasteiger partial charge in [0.25, 0.3) is 0 Å². The van der Waals surface area contributed by atoms with Crippen molar-refractivity contribution in [3.63, 3.8) is 0 Å². The lowest BCUT2D eigenvalue weighted by atomic mass is 9.70. The van der Waals surface area contributed by atoms with Crippen molar-refractivity contribution >= 4 is 21.9 Å². The molecule has 0 amide bonds. The van der Waals surface area contributed by atoms with Gasteiger partial charge in [-0.05, 0) is 61.3 Å². The van der Waals surface area contributed by atoms with E-state index in [1.807, 2.05) is 25.1 Å². The van der Waals surface area contributed by atoms with Crippen molar-refractivity contribution in [1.82, 2.24) is 0 Å². The molecule has 21 heavy (non-hydrogen) atoms. The van der Waals surface area contributed by atoms with E-state index in [9.17, 15) is 4.79 Å². The van der Waals surface area contributed by atoms with Gasteiger partial charge in [0.15, 0.2) is 0 Å². The van der Waals surface area contributed by atoms with E-state index in [0.29, 0.717) is 11.5 Å². The van der Waals surface area contributed by atoms with Gasteiger partial charge in [0, 0.05) is 9.89 Å². The molecule has 0 heterocycles. The van der Waals surface area contributed by atoms with Crippen LogP contribution in [0.25, 0.3) is 0 Å². The van der Waals surface area contributed by atoms with Crippen molar-refractivity contribution in [3.8, 4) is 0 Å². The highest BCUT2D eigenvalue weighted by molar-refractivity contribution is 9.10. The second-order valence-corrected chi connectivity index (χ2v) is 8.38. The molecule has 3 rings (SSSR count). The largest absolute Gasteiger partial charge is 0.458 e. The third-order valence-corrected chi connectivity index (χ3v) is 6.86. The number of esters is 1. The molecular weight excluding hydrogens is 328 g/mol. The molecule has 1 aromatic carbocycles. The Balaban J connectivity index is 1.80. The molecule has 2 fully saturated rings. The summed E-state index contributed by atoms with van der Waals surface area (Å²) >= 11 is 3.43. The number of carbonyl (C=O) groups excluding carboxylic acids is 1. The number of fused-ring (bicyclic) bond motifs is 2. The summed E-state index contributed by atoms with van der Waals surface area (Å²) in [6.45, 7) is 8.92. The highest BCUT2D eigenvalue weighted by atomic mass is 79.9. The van der Waals surface area contributed by atoms with Gasteiger partial charge in [-0.3, -0.25) is 0 Å². The molecule has 2 bridgehead atoms. The van der Waals surface area contributed by atoms with Crippen LogP contribution in [0.3, 0.4) is 0 Å². The van der Waals surface area contributed by atoms with E-state index in [-0.39, 0.29) is 22.9 Å². The van der Waals surface area contributed by atoms with Crippen molar-refractivity contribution in [2.24, 2.45) is 16.7 Å². The molecule has 0 aliphatic heterocycles. The first-order chi connectivity index (χ1) is 9.75. The maximum atomic E-state index is 12.5. The minimum atomic E-state index is -0.172. The summed E-state index contributed by atoms with van der Waals surface area (Å²) in [6.07, 6.45) is 3.52. The average molecular weight is 351 g/mol. The number of ether oxygens (including phenoxy) is 1. The van der Waals surface area contributed by atoms with Crippen LogP contribution in [-0.2, 0) is 4.74 Å². The van der Waals surface area contributed by atoms with E-state index in [2.05, 4.69) is 36.7 Å². The fourth-order valence-electron chi connectivity index (χ4n) is 4.36. The molecule has 2 saturated carbocycles. The Bertz CT molecular complexity index is 593. The number of rotatable bonds is 2. The van der Waals surface area contributed by atoms with Crippen LogP contribution >= 0.6 is 15.9 Å². The Morgan fingerprint density at radius 1 is 1.33 bits per heavy atom. The van der Waals surface area contributed by atoms with Crippen molar-refractivity contribution in [1.29, 1.82) is 0 Å². The van der Waals surface area contributed by atoms with Crippen LogP contribution in [0.5, 0.6) is 0 Å². The molecule has 3 heteroatoms. The molecule has 114 valence electrons. The summed E-state index contributed by atoms with van der Waals surface area (Å²) < 4.78 is 6.93. The first-order valence-corrected chi connectivity index (χ1v) is 8.52. The standard InChI is InChI=1S/C18H23BrO2/c1-11-9-13(19)5-6-14(11)16(20)21-15-10-12-7-8-18(15,4)17(12,2)3/h5-6,9,12,15H,7-8,10H2,1-4H3. The fraction of sp³-hybridized carbons (Fsp3) is 0.611. The van der Waals surface area contributed by atoms with E-state index in [4.69, 9.17) is 4.74 Å². The van der Waals surface area contributed by atoms with Crippen LogP contribution in [0, 0.1) is 23.7 Å². The van der Waals surface area contributed by atoms with Gasteiger partial charge in [0.2, 0.25) is 0 Å². The van der Waals surface area contributed by atoms with Gasteiger partial charge in [-0.25, -0.2) is 4.79 Å². The molecule has 2 nitrogen and oxygen atoms in total. The predicted octanol–water partition coefficient (Wildman–Crippen LogP) is 5.13. The summed E-state index contributed by atoms with van der Waals surface area (Å²) in [6, 6.07) is 5.71. The second kappa shape index (κ2) is 4.84. The predicted molar refractivity (Wildman–Crippen MR) is 87.3 cm³/mol. The Labute approximate surface area is 135 Å². The zero-order valence-corrected chi connectivity index (χ0v) is 14.8. The normalized spacial score (nSPS) is 33.2. The highest BCUT2D eigenvalue weighted by Gasteiger charge is 2.62. The van der Waals surface area contributed by atoms with Crippen LogP contribution in [0.1, 0.15) is 56.0 Å². The third-order valence-electron chi connectivity index (χ3n) is 6.37. The second-order valence-electron chi connectivity index (χ2n) is 7.46. The van der Waals surface area contributed by atoms with Crippen LogP contribution in [-0.4, -0.2) is 12.1 Å². The molecule has 0 radical (unpaired) electrons. The molecule has 0 N–H and O–H groups in total. The zero-order chi connectivity index (χ0) is 15.4. The lowest BCUT2D eigenvalue weighted by Gasteiger charge is -2.38. The maximum Gasteiger partial charge on any atom is 0.338 e. The lowest BCUT2D eigenvalue weighted by Crippen LogP contribution is -2.38. The maximum absolute atomic E-state index is 12.5. The SMILES string of the molecule is Cc1cc(Br)ccc1C(=O)OC1CC2CCC1(C)C2(C)C. The number of carbonyl (C=O) groups is 1. The van der Waals surface area contributed by atoms with E-state index in [1.165, 1.54) is 12.8 Å². The molecule has 2 aliphatic rings. The van der Waals surface area contributed by atoms with Crippen LogP contribution in [0.4, 0.5) is 0 Å². The molecule has 2 aliphatic carbocycles. The van der Waals surface area contributed by atoms with Crippen LogP contribution in [0.2, 0.25) is 0 Å². The first kappa shape index (κ1) is 15.1. The van der Waals surface area contributed by atoms with Crippen molar-refractivity contribution in [3.05, 3.63) is 33.8 Å². The minimum Gasteiger partial charge on any atom is -0.458 e. The van der Waals surface area contributed by atoms with E-state index in [1.54, 1.807) is 0 Å². The lowest BCUT2D eigenvalue weighted by molar-refractivity contribution is -0.0243. The van der Waals surface area contributed by atoms with Crippen molar-refractivity contribution < 1.29 is 9.53 Å². The summed E-state index contributed by atoms with van der Waals surface area (Å²) in [5.41, 5.74) is 2.04. The molecule has 0 spiro atoms. The summed E-state index contributed by atoms with van der Waals surface area (Å²) in [4.78, 5) is 12.5. The molecule has 1 aromatic rings. The van der Waals surface area contributed by atoms with Crippen LogP contribution in [0.15, 0.2) is 22.7 Å². The smallest absolute Gasteiger partial charge is 0.338 e. The topological polar surface area (TPSA) is 26.3 Å². The van der Waals surface area contributed by atoms with Gasteiger partial charge in [0.05, 0.1) is 5.56 Å². The first-order valence-electron chi connectivity index (χ1n) is 7.73. The van der Waals surface area contributed by atoms with Gasteiger partial charge in [-0.2, -0.15) is 0 Å². The fourth-order valence-corrected chi connectivity index (χ4v) is 4.83. The molecule has 3 atom stereocenters. The Hall–Kier alpha value is -0.830. The van der Waals surface area contributed by atoms with Crippen molar-refractivity contribution in [2.75, 3.05) is 0 Å². The molecular formula is C18H23BrO2. The number of halogens is 1. The van der Waals surface area contributed by atoms with Gasteiger partial charge in [-0.15, -0.1) is 0 Å². The van der Waals surface area contributed by atoms with E-state index < -0.39 is 0 Å². The monoisotopic (exact) mass is 350 g/mol. The summed E-state index contributed by atoms with van der Waals surface area (Å²) in [5.74, 6) is 0.515. The number of hydrogen-bond acceptors (Lipinski definition) is 2. The van der Waals surface area contributed by atoms with Gasteiger partial charge < -0.3 is 4.74 Å². The number of aryl methyl sites for hydroxylation is 1. The van der Waals surface area contributed by atoms with Crippen LogP contribution < -0.4 is 0 Å². The van der Waals surface area contributed by atoms with Gasteiger partial charge in [-0.1, -0.05) is 36.7 Å². The highest BCUT2D eigenvalue weighted by Crippen LogP contribution is 2.66. The summed E-state index contributed by atoms with van der Waals surface area (Å²) in [5, 5.41) is 0. The molecule has 0 saturated heterocycles. The molecule has 3 unspecified atom stereocenters. The van der Waals surface area contributed by atoms with Gasteiger partial charge in [0.1, 0.15) is 6.10 Å². The minimum absolute atomic E-state index is 0.0572. The zero-order valence-electron chi connectivity index (χ0n) is 13.2. The molecule has 0 aromatic heterocycles. The summed E-state index contributed by atoms with van der Waals surface area (Å²) in [7, 11) is 0. The Morgan fingerprint density at radius 2 is 2.05 bits per heavy atom. The quantitative estimate of drug-likeness (QED) is 0.691. The Morgan fingerprint density at radius 3 is 2.57 bits per heavy atom. The van der Waals surface area contributed by atoms with Crippen molar-refractivity contribution in [2.45, 2.75) is 53.1 Å². The Kier molecular flexibility index (Phi) is 3.47. The van der Waals surface area contributed by atoms with E-state index >= 15 is 0 Å². The third kappa shape index (κ3) is 2.16. The number of benzene rings is 1. The average Bonchev–Trinajstić information content (AvgIpc) is 2.71.